The van der Waals surface area contributed by atoms with Crippen LogP contribution in [0.5, 0.6) is 0 Å². The van der Waals surface area contributed by atoms with Crippen LogP contribution in [0, 0.1) is 58.2 Å². The second-order valence-electron chi connectivity index (χ2n) is 11.4. The van der Waals surface area contributed by atoms with Crippen LogP contribution in [0.25, 0.3) is 0 Å². The van der Waals surface area contributed by atoms with Crippen LogP contribution in [0.1, 0.15) is 55.4 Å². The molecule has 0 saturated heterocycles. The first-order valence-electron chi connectivity index (χ1n) is 11.2. The molecule has 2 aromatic rings. The lowest BCUT2D eigenvalue weighted by Crippen LogP contribution is -2.57. The number of halogens is 10. The van der Waals surface area contributed by atoms with Crippen molar-refractivity contribution in [2.75, 3.05) is 6.16 Å². The number of hydrogen-bond donors (Lipinski definition) is 0. The van der Waals surface area contributed by atoms with Crippen molar-refractivity contribution in [2.24, 2.45) is 0 Å². The maximum atomic E-state index is 14.8. The topological polar surface area (TPSA) is 9.23 Å². The molecule has 0 aliphatic carbocycles. The molecule has 37 heavy (non-hydrogen) atoms. The highest BCUT2D eigenvalue weighted by molar-refractivity contribution is 7.60. The van der Waals surface area contributed by atoms with Gasteiger partial charge in [0.05, 0.1) is 0 Å². The van der Waals surface area contributed by atoms with Gasteiger partial charge in [-0.1, -0.05) is 49.5 Å². The Kier molecular flexibility index (Phi) is 8.83. The molecule has 0 aromatic heterocycles. The standard InChI is InChI=1S/C24H27BF10OP/c1-22(2,3)37(23(4,5)6)9-24(7,8)36-25(10-12(26)16(30)20(34)17(31)13(10)27)11-14(28)18(32)21(35)19(33)15(11)29/h25H,9H2,1-8H3/q-1. The molecular formula is C24H27BF10OP-. The molecule has 1 nitrogen and oxygen atoms in total. The van der Waals surface area contributed by atoms with Gasteiger partial charge in [0.1, 0.15) is 23.3 Å². The van der Waals surface area contributed by atoms with Gasteiger partial charge in [0, 0.05) is 5.60 Å². The highest BCUT2D eigenvalue weighted by atomic mass is 31.1. The van der Waals surface area contributed by atoms with Crippen LogP contribution in [-0.2, 0) is 4.65 Å². The zero-order chi connectivity index (χ0) is 29.0. The van der Waals surface area contributed by atoms with Crippen molar-refractivity contribution in [3.05, 3.63) is 58.2 Å². The molecule has 0 aliphatic heterocycles. The van der Waals surface area contributed by atoms with Crippen molar-refractivity contribution in [1.82, 2.24) is 0 Å². The summed E-state index contributed by atoms with van der Waals surface area (Å²) < 4.78 is 149. The van der Waals surface area contributed by atoms with Crippen LogP contribution < -0.4 is 10.9 Å². The van der Waals surface area contributed by atoms with Gasteiger partial charge in [-0.15, -0.1) is 10.9 Å². The average Bonchev–Trinajstić information content (AvgIpc) is 2.75. The van der Waals surface area contributed by atoms with E-state index in [1.54, 1.807) is 0 Å². The molecule has 2 aromatic carbocycles. The Hall–Kier alpha value is -1.81. The summed E-state index contributed by atoms with van der Waals surface area (Å²) in [5.41, 5.74) is -5.18. The lowest BCUT2D eigenvalue weighted by atomic mass is 9.53. The maximum Gasteiger partial charge on any atom is 0.200 e. The van der Waals surface area contributed by atoms with E-state index >= 15 is 0 Å². The van der Waals surface area contributed by atoms with Gasteiger partial charge in [0.15, 0.2) is 41.8 Å². The van der Waals surface area contributed by atoms with Crippen LogP contribution in [0.2, 0.25) is 0 Å². The zero-order valence-corrected chi connectivity index (χ0v) is 22.4. The van der Waals surface area contributed by atoms with Gasteiger partial charge in [-0.25, -0.2) is 43.9 Å². The Morgan fingerprint density at radius 2 is 0.730 bits per heavy atom. The van der Waals surface area contributed by atoms with Crippen LogP contribution in [0.15, 0.2) is 0 Å². The highest BCUT2D eigenvalue weighted by Crippen LogP contribution is 2.60. The third-order valence-electron chi connectivity index (χ3n) is 5.94. The molecule has 0 atom stereocenters. The Morgan fingerprint density at radius 1 is 0.486 bits per heavy atom. The lowest BCUT2D eigenvalue weighted by molar-refractivity contribution is 0.138. The minimum atomic E-state index is -4.06. The van der Waals surface area contributed by atoms with Gasteiger partial charge >= 0.3 is 0 Å². The predicted octanol–water partition coefficient (Wildman–Crippen LogP) is 6.79. The summed E-state index contributed by atoms with van der Waals surface area (Å²) in [6.45, 7) is 10.0. The normalized spacial score (nSPS) is 13.3. The van der Waals surface area contributed by atoms with Gasteiger partial charge in [0.25, 0.3) is 0 Å². The molecule has 0 fully saturated rings. The van der Waals surface area contributed by atoms with Gasteiger partial charge in [0.2, 0.25) is 0 Å². The smallest absolute Gasteiger partial charge is 0.200 e. The Bertz CT molecular complexity index is 1060. The Balaban J connectivity index is 2.89. The molecule has 2 rings (SSSR count). The summed E-state index contributed by atoms with van der Waals surface area (Å²) in [5, 5.41) is -0.734. The molecule has 0 N–H and O–H groups in total. The third kappa shape index (κ3) is 6.10. The molecule has 13 heteroatoms. The summed E-state index contributed by atoms with van der Waals surface area (Å²) in [4.78, 5) is 0. The van der Waals surface area contributed by atoms with E-state index in [4.69, 9.17) is 4.65 Å². The van der Waals surface area contributed by atoms with Gasteiger partial charge in [-0.05, 0) is 30.3 Å². The zero-order valence-electron chi connectivity index (χ0n) is 21.5. The predicted molar refractivity (Wildman–Crippen MR) is 125 cm³/mol. The number of hydrogen-bond acceptors (Lipinski definition) is 1. The van der Waals surface area contributed by atoms with E-state index in [1.807, 2.05) is 41.5 Å². The highest BCUT2D eigenvalue weighted by Gasteiger charge is 2.40. The van der Waals surface area contributed by atoms with Crippen molar-refractivity contribution < 1.29 is 48.6 Å². The fourth-order valence-electron chi connectivity index (χ4n) is 4.48. The monoisotopic (exact) mass is 563 g/mol. The minimum Gasteiger partial charge on any atom is -0.580 e. The molecule has 208 valence electrons. The first-order valence-corrected chi connectivity index (χ1v) is 12.7. The second-order valence-corrected chi connectivity index (χ2v) is 15.2. The third-order valence-corrected chi connectivity index (χ3v) is 10.3. The molecule has 0 spiro atoms. The molecule has 0 heterocycles. The van der Waals surface area contributed by atoms with Crippen molar-refractivity contribution in [3.63, 3.8) is 0 Å². The Labute approximate surface area is 210 Å². The summed E-state index contributed by atoms with van der Waals surface area (Å²) in [7, 11) is -1.07. The van der Waals surface area contributed by atoms with Gasteiger partial charge in [-0.3, -0.25) is 0 Å². The van der Waals surface area contributed by atoms with E-state index in [0.29, 0.717) is 0 Å². The molecule has 0 saturated carbocycles. The first-order chi connectivity index (χ1) is 16.5. The molecule has 0 amide bonds. The first kappa shape index (κ1) is 31.4. The van der Waals surface area contributed by atoms with E-state index in [1.165, 1.54) is 13.8 Å². The van der Waals surface area contributed by atoms with E-state index < -0.39 is 89.5 Å². The number of benzene rings is 2. The van der Waals surface area contributed by atoms with E-state index in [-0.39, 0.29) is 16.5 Å². The van der Waals surface area contributed by atoms with Crippen LogP contribution >= 0.6 is 7.92 Å². The van der Waals surface area contributed by atoms with E-state index in [2.05, 4.69) is 0 Å². The fraction of sp³-hybridized carbons (Fsp3) is 0.500. The van der Waals surface area contributed by atoms with E-state index in [9.17, 15) is 43.9 Å². The molecule has 0 radical (unpaired) electrons. The minimum absolute atomic E-state index is 0.0869. The van der Waals surface area contributed by atoms with Crippen LogP contribution in [-0.4, -0.2) is 29.0 Å². The number of rotatable bonds is 6. The van der Waals surface area contributed by atoms with Crippen LogP contribution in [0.3, 0.4) is 0 Å². The molecule has 0 bridgehead atoms. The van der Waals surface area contributed by atoms with Crippen molar-refractivity contribution in [2.45, 2.75) is 71.3 Å². The van der Waals surface area contributed by atoms with Gasteiger partial charge < -0.3 is 4.65 Å². The Morgan fingerprint density at radius 3 is 0.973 bits per heavy atom. The second kappa shape index (κ2) is 10.4. The maximum absolute atomic E-state index is 14.8. The SMILES string of the molecule is CC(C)(CP(C(C)(C)C)C(C)(C)C)O[BH-](c1c(F)c(F)c(F)c(F)c1F)c1c(F)c(F)c(F)c(F)c1F. The largest absolute Gasteiger partial charge is 0.580 e. The van der Waals surface area contributed by atoms with Crippen molar-refractivity contribution in [1.29, 1.82) is 0 Å². The van der Waals surface area contributed by atoms with Crippen molar-refractivity contribution >= 4 is 25.8 Å². The average molecular weight is 563 g/mol. The molecular weight excluding hydrogens is 536 g/mol. The summed E-state index contributed by atoms with van der Waals surface area (Å²) >= 11 is 0. The quantitative estimate of drug-likeness (QED) is 0.124. The van der Waals surface area contributed by atoms with E-state index in [0.717, 1.165) is 0 Å². The van der Waals surface area contributed by atoms with Crippen LogP contribution in [0.4, 0.5) is 43.9 Å². The lowest BCUT2D eigenvalue weighted by Gasteiger charge is -2.48. The fourth-order valence-corrected chi connectivity index (χ4v) is 8.30. The summed E-state index contributed by atoms with van der Waals surface area (Å²) in [5.74, 6) is -24.9. The van der Waals surface area contributed by atoms with Crippen molar-refractivity contribution in [3.8, 4) is 0 Å². The molecule has 0 unspecified atom stereocenters. The molecule has 0 aliphatic rings. The van der Waals surface area contributed by atoms with Gasteiger partial charge in [-0.2, -0.15) is 0 Å². The summed E-state index contributed by atoms with van der Waals surface area (Å²) in [6.07, 6.45) is 0.0869. The summed E-state index contributed by atoms with van der Waals surface area (Å²) in [6, 6.07) is 0.